The van der Waals surface area contributed by atoms with Crippen LogP contribution in [0.25, 0.3) is 11.3 Å². The maximum absolute atomic E-state index is 11.7. The second kappa shape index (κ2) is 6.94. The summed E-state index contributed by atoms with van der Waals surface area (Å²) in [5.74, 6) is -1.60. The lowest BCUT2D eigenvalue weighted by Gasteiger charge is -2.10. The second-order valence-corrected chi connectivity index (χ2v) is 5.36. The minimum Gasteiger partial charge on any atom is -0.480 e. The molecule has 0 saturated heterocycles. The van der Waals surface area contributed by atoms with Crippen molar-refractivity contribution in [3.05, 3.63) is 35.5 Å². The minimum absolute atomic E-state index is 0.0152. The van der Waals surface area contributed by atoms with Gasteiger partial charge in [-0.25, -0.2) is 4.79 Å². The summed E-state index contributed by atoms with van der Waals surface area (Å²) in [5, 5.41) is 26.9. The fraction of sp³-hybridized carbons (Fsp3) is 0.231. The number of amides is 1. The molecule has 0 aliphatic heterocycles. The maximum atomic E-state index is 11.7. The molecular formula is C13H13N3O5S. The van der Waals surface area contributed by atoms with Gasteiger partial charge >= 0.3 is 5.97 Å². The van der Waals surface area contributed by atoms with Crippen LogP contribution >= 0.6 is 11.8 Å². The Balaban J connectivity index is 2.17. The average Bonchev–Trinajstić information content (AvgIpc) is 2.84. The third kappa shape index (κ3) is 3.76. The molecule has 1 aromatic heterocycles. The van der Waals surface area contributed by atoms with E-state index in [1.165, 1.54) is 6.92 Å². The van der Waals surface area contributed by atoms with E-state index < -0.39 is 17.9 Å². The Morgan fingerprint density at radius 3 is 2.73 bits per heavy atom. The number of carbonyl (C=O) groups excluding carboxylic acids is 1. The molecule has 116 valence electrons. The van der Waals surface area contributed by atoms with Crippen LogP contribution in [0.15, 0.2) is 40.0 Å². The van der Waals surface area contributed by atoms with Crippen LogP contribution in [-0.2, 0) is 9.59 Å². The van der Waals surface area contributed by atoms with Crippen molar-refractivity contribution in [3.8, 4) is 11.3 Å². The number of hydrogen-bond acceptors (Lipinski definition) is 6. The Bertz CT molecular complexity index is 674. The number of hydrogen-bond donors (Lipinski definition) is 2. The van der Waals surface area contributed by atoms with E-state index in [9.17, 15) is 14.8 Å². The monoisotopic (exact) mass is 323 g/mol. The van der Waals surface area contributed by atoms with Gasteiger partial charge in [0.25, 0.3) is 5.03 Å². The first kappa shape index (κ1) is 15.8. The summed E-state index contributed by atoms with van der Waals surface area (Å²) in [7, 11) is 0. The van der Waals surface area contributed by atoms with E-state index in [4.69, 9.17) is 5.11 Å². The zero-order chi connectivity index (χ0) is 16.1. The highest BCUT2D eigenvalue weighted by molar-refractivity contribution is 7.99. The first-order valence-electron chi connectivity index (χ1n) is 6.27. The molecule has 22 heavy (non-hydrogen) atoms. The fourth-order valence-electron chi connectivity index (χ4n) is 1.74. The normalized spacial score (nSPS) is 11.9. The summed E-state index contributed by atoms with van der Waals surface area (Å²) in [5.41, 5.74) is 0.810. The predicted molar refractivity (Wildman–Crippen MR) is 76.9 cm³/mol. The molecule has 1 unspecified atom stereocenters. The number of nitrogens with zero attached hydrogens (tertiary/aromatic N) is 2. The van der Waals surface area contributed by atoms with Gasteiger partial charge in [0.15, 0.2) is 0 Å². The molecular weight excluding hydrogens is 310 g/mol. The zero-order valence-electron chi connectivity index (χ0n) is 11.6. The number of aliphatic carboxylic acids is 1. The van der Waals surface area contributed by atoms with Crippen molar-refractivity contribution in [2.75, 3.05) is 5.75 Å². The van der Waals surface area contributed by atoms with Crippen LogP contribution in [0.5, 0.6) is 0 Å². The van der Waals surface area contributed by atoms with E-state index in [1.54, 1.807) is 30.3 Å². The van der Waals surface area contributed by atoms with Gasteiger partial charge in [-0.2, -0.15) is 0 Å². The molecule has 8 nitrogen and oxygen atoms in total. The molecule has 0 spiro atoms. The summed E-state index contributed by atoms with van der Waals surface area (Å²) in [4.78, 5) is 22.3. The van der Waals surface area contributed by atoms with Gasteiger partial charge in [-0.15, -0.1) is 0 Å². The SMILES string of the molecule is CC(=O)NC(CSc1no[n+]([O-])c1-c1ccccc1)C(=O)O. The molecule has 0 radical (unpaired) electrons. The van der Waals surface area contributed by atoms with Gasteiger partial charge in [0, 0.05) is 18.2 Å². The predicted octanol–water partition coefficient (Wildman–Crippen LogP) is 0.656. The molecule has 1 heterocycles. The molecule has 1 atom stereocenters. The molecule has 0 fully saturated rings. The number of aromatic nitrogens is 2. The third-order valence-electron chi connectivity index (χ3n) is 2.69. The topological polar surface area (TPSA) is 119 Å². The molecule has 2 aromatic rings. The van der Waals surface area contributed by atoms with E-state index in [2.05, 4.69) is 15.1 Å². The molecule has 0 aliphatic carbocycles. The summed E-state index contributed by atoms with van der Waals surface area (Å²) in [6.07, 6.45) is 0. The van der Waals surface area contributed by atoms with Crippen molar-refractivity contribution in [1.29, 1.82) is 0 Å². The highest BCUT2D eigenvalue weighted by Crippen LogP contribution is 2.27. The standard InChI is InChI=1S/C13H13N3O5S/c1-8(17)14-10(13(18)19)7-22-12-11(16(20)21-15-12)9-5-3-2-4-6-9/h2-6,10H,7H2,1H3,(H,14,17)(H,18,19). The van der Waals surface area contributed by atoms with Crippen molar-refractivity contribution >= 4 is 23.6 Å². The zero-order valence-corrected chi connectivity index (χ0v) is 12.4. The van der Waals surface area contributed by atoms with E-state index >= 15 is 0 Å². The van der Waals surface area contributed by atoms with Crippen molar-refractivity contribution in [3.63, 3.8) is 0 Å². The van der Waals surface area contributed by atoms with Crippen LogP contribution in [0.1, 0.15) is 6.92 Å². The van der Waals surface area contributed by atoms with Crippen molar-refractivity contribution in [2.45, 2.75) is 18.0 Å². The number of rotatable bonds is 6. The van der Waals surface area contributed by atoms with Gasteiger partial charge in [0.1, 0.15) is 6.04 Å². The molecule has 2 N–H and O–H groups in total. The van der Waals surface area contributed by atoms with Gasteiger partial charge in [0.05, 0.1) is 5.16 Å². The number of nitrogens with one attached hydrogen (secondary N) is 1. The molecule has 0 saturated carbocycles. The van der Waals surface area contributed by atoms with Crippen molar-refractivity contribution in [1.82, 2.24) is 10.5 Å². The first-order valence-corrected chi connectivity index (χ1v) is 7.25. The molecule has 1 amide bonds. The first-order chi connectivity index (χ1) is 10.5. The van der Waals surface area contributed by atoms with Gasteiger partial charge in [-0.05, 0) is 4.90 Å². The quantitative estimate of drug-likeness (QED) is 0.592. The van der Waals surface area contributed by atoms with Gasteiger partial charge in [-0.3, -0.25) is 9.42 Å². The smallest absolute Gasteiger partial charge is 0.327 e. The Labute approximate surface area is 129 Å². The Hall–Kier alpha value is -2.55. The van der Waals surface area contributed by atoms with Crippen LogP contribution < -0.4 is 10.2 Å². The maximum Gasteiger partial charge on any atom is 0.327 e. The van der Waals surface area contributed by atoms with Crippen LogP contribution in [0.4, 0.5) is 0 Å². The van der Waals surface area contributed by atoms with Gasteiger partial charge in [0.2, 0.25) is 11.6 Å². The lowest BCUT2D eigenvalue weighted by atomic mass is 10.2. The average molecular weight is 323 g/mol. The molecule has 2 rings (SSSR count). The third-order valence-corrected chi connectivity index (χ3v) is 3.73. The Morgan fingerprint density at radius 2 is 2.14 bits per heavy atom. The summed E-state index contributed by atoms with van der Waals surface area (Å²) >= 11 is 1.02. The lowest BCUT2D eigenvalue weighted by Crippen LogP contribution is -2.41. The highest BCUT2D eigenvalue weighted by Gasteiger charge is 2.25. The molecule has 1 aromatic carbocycles. The summed E-state index contributed by atoms with van der Waals surface area (Å²) in [6.45, 7) is 1.23. The van der Waals surface area contributed by atoms with Crippen LogP contribution in [0.3, 0.4) is 0 Å². The number of carboxylic acid groups (broad SMARTS) is 1. The lowest BCUT2D eigenvalue weighted by molar-refractivity contribution is -0.793. The molecule has 9 heteroatoms. The highest BCUT2D eigenvalue weighted by atomic mass is 32.2. The van der Waals surface area contributed by atoms with Crippen LogP contribution in [0, 0.1) is 5.21 Å². The number of benzene rings is 1. The minimum atomic E-state index is -1.16. The fourth-order valence-corrected chi connectivity index (χ4v) is 2.70. The largest absolute Gasteiger partial charge is 0.480 e. The van der Waals surface area contributed by atoms with E-state index in [0.717, 1.165) is 11.8 Å². The number of thioether (sulfide) groups is 1. The second-order valence-electron chi connectivity index (χ2n) is 4.35. The van der Waals surface area contributed by atoms with Crippen molar-refractivity contribution in [2.24, 2.45) is 0 Å². The van der Waals surface area contributed by atoms with E-state index in [1.807, 2.05) is 0 Å². The Morgan fingerprint density at radius 1 is 1.45 bits per heavy atom. The van der Waals surface area contributed by atoms with Gasteiger partial charge < -0.3 is 15.6 Å². The van der Waals surface area contributed by atoms with Crippen molar-refractivity contribution < 1.29 is 24.2 Å². The number of carbonyl (C=O) groups is 2. The molecule has 0 aliphatic rings. The summed E-state index contributed by atoms with van der Waals surface area (Å²) in [6, 6.07) is 7.67. The number of carboxylic acids is 1. The Kier molecular flexibility index (Phi) is 4.99. The van der Waals surface area contributed by atoms with E-state index in [-0.39, 0.29) is 21.4 Å². The van der Waals surface area contributed by atoms with E-state index in [0.29, 0.717) is 5.56 Å². The summed E-state index contributed by atoms with van der Waals surface area (Å²) < 4.78 is 4.58. The van der Waals surface area contributed by atoms with Gasteiger partial charge in [-0.1, -0.05) is 42.1 Å². The molecule has 0 bridgehead atoms. The van der Waals surface area contributed by atoms with Crippen LogP contribution in [-0.4, -0.2) is 33.9 Å². The van der Waals surface area contributed by atoms with Crippen LogP contribution in [0.2, 0.25) is 0 Å².